The number of amides is 3. The van der Waals surface area contributed by atoms with Crippen LogP contribution in [-0.4, -0.2) is 41.7 Å². The van der Waals surface area contributed by atoms with Crippen molar-refractivity contribution in [2.45, 2.75) is 18.9 Å². The normalized spacial score (nSPS) is 16.1. The molecule has 0 bridgehead atoms. The summed E-state index contributed by atoms with van der Waals surface area (Å²) in [7, 11) is 0. The van der Waals surface area contributed by atoms with Crippen LogP contribution in [-0.2, 0) is 14.3 Å². The molecule has 0 spiro atoms. The Kier molecular flexibility index (Phi) is 5.98. The highest BCUT2D eigenvalue weighted by Crippen LogP contribution is 2.40. The maximum absolute atomic E-state index is 12.4. The number of ether oxygens (including phenoxy) is 1. The van der Waals surface area contributed by atoms with Gasteiger partial charge in [-0.3, -0.25) is 24.1 Å². The number of fused-ring (bicyclic) bond motifs is 1. The van der Waals surface area contributed by atoms with Crippen molar-refractivity contribution in [2.24, 2.45) is 5.92 Å². The lowest BCUT2D eigenvalue weighted by molar-refractivity contribution is -0.148. The van der Waals surface area contributed by atoms with Crippen LogP contribution in [0.2, 0.25) is 10.0 Å². The molecule has 1 aliphatic heterocycles. The third kappa shape index (κ3) is 4.57. The Bertz CT molecular complexity index is 1030. The van der Waals surface area contributed by atoms with Crippen molar-refractivity contribution in [1.82, 2.24) is 10.2 Å². The van der Waals surface area contributed by atoms with Crippen LogP contribution in [0.15, 0.2) is 42.5 Å². The SMILES string of the molecule is O=C(COC(=O)CN1C(=O)c2cc(Cl)c(Cl)cc2C1=O)NC(c1ccccc1)C1CC1. The summed E-state index contributed by atoms with van der Waals surface area (Å²) in [4.78, 5) is 50.1. The lowest BCUT2D eigenvalue weighted by Gasteiger charge is -2.19. The second-order valence-corrected chi connectivity index (χ2v) is 8.28. The highest BCUT2D eigenvalue weighted by Gasteiger charge is 2.38. The molecular formula is C22H18Cl2N2O5. The molecule has 2 aliphatic rings. The van der Waals surface area contributed by atoms with Gasteiger partial charge < -0.3 is 10.1 Å². The van der Waals surface area contributed by atoms with Crippen molar-refractivity contribution in [3.63, 3.8) is 0 Å². The van der Waals surface area contributed by atoms with Crippen molar-refractivity contribution >= 4 is 46.9 Å². The summed E-state index contributed by atoms with van der Waals surface area (Å²) in [6.07, 6.45) is 2.04. The van der Waals surface area contributed by atoms with Crippen LogP contribution >= 0.6 is 23.2 Å². The number of carbonyl (C=O) groups excluding carboxylic acids is 4. The maximum atomic E-state index is 12.4. The molecule has 0 saturated heterocycles. The number of nitrogens with zero attached hydrogens (tertiary/aromatic N) is 1. The summed E-state index contributed by atoms with van der Waals surface area (Å²) < 4.78 is 5.00. The molecule has 2 aromatic rings. The van der Waals surface area contributed by atoms with E-state index in [0.717, 1.165) is 23.3 Å². The first-order valence-corrected chi connectivity index (χ1v) is 10.5. The molecule has 3 amide bonds. The molecule has 1 saturated carbocycles. The molecule has 1 fully saturated rings. The Hall–Kier alpha value is -2.90. The summed E-state index contributed by atoms with van der Waals surface area (Å²) in [5.74, 6) is -2.30. The average molecular weight is 461 g/mol. The Morgan fingerprint density at radius 3 is 2.16 bits per heavy atom. The zero-order valence-corrected chi connectivity index (χ0v) is 17.8. The van der Waals surface area contributed by atoms with E-state index in [9.17, 15) is 19.2 Å². The number of halogens is 2. The minimum Gasteiger partial charge on any atom is -0.454 e. The molecule has 7 nitrogen and oxygen atoms in total. The minimum atomic E-state index is -0.871. The molecule has 2 aromatic carbocycles. The van der Waals surface area contributed by atoms with E-state index in [1.165, 1.54) is 12.1 Å². The van der Waals surface area contributed by atoms with E-state index in [-0.39, 0.29) is 27.2 Å². The monoisotopic (exact) mass is 460 g/mol. The second-order valence-electron chi connectivity index (χ2n) is 7.46. The number of benzene rings is 2. The first-order valence-electron chi connectivity index (χ1n) is 9.70. The minimum absolute atomic E-state index is 0.0695. The Morgan fingerprint density at radius 2 is 1.61 bits per heavy atom. The van der Waals surface area contributed by atoms with Crippen LogP contribution < -0.4 is 5.32 Å². The van der Waals surface area contributed by atoms with E-state index in [4.69, 9.17) is 27.9 Å². The van der Waals surface area contributed by atoms with Crippen LogP contribution in [0, 0.1) is 5.92 Å². The van der Waals surface area contributed by atoms with Gasteiger partial charge in [0.25, 0.3) is 17.7 Å². The van der Waals surface area contributed by atoms with Crippen molar-refractivity contribution in [3.05, 3.63) is 69.2 Å². The van der Waals surface area contributed by atoms with Gasteiger partial charge in [0, 0.05) is 0 Å². The smallest absolute Gasteiger partial charge is 0.326 e. The second kappa shape index (κ2) is 8.69. The summed E-state index contributed by atoms with van der Waals surface area (Å²) in [6.45, 7) is -1.12. The van der Waals surface area contributed by atoms with Crippen molar-refractivity contribution in [2.75, 3.05) is 13.2 Å². The van der Waals surface area contributed by atoms with Gasteiger partial charge in [-0.15, -0.1) is 0 Å². The summed E-state index contributed by atoms with van der Waals surface area (Å²) in [5, 5.41) is 3.16. The van der Waals surface area contributed by atoms with Gasteiger partial charge in [0.1, 0.15) is 6.54 Å². The average Bonchev–Trinajstić information content (AvgIpc) is 3.57. The fraction of sp³-hybridized carbons (Fsp3) is 0.273. The van der Waals surface area contributed by atoms with Crippen LogP contribution in [0.5, 0.6) is 0 Å². The zero-order chi connectivity index (χ0) is 22.1. The summed E-state index contributed by atoms with van der Waals surface area (Å²) in [5.41, 5.74) is 1.13. The zero-order valence-electron chi connectivity index (χ0n) is 16.3. The van der Waals surface area contributed by atoms with Gasteiger partial charge in [0.05, 0.1) is 27.2 Å². The van der Waals surface area contributed by atoms with E-state index in [1.807, 2.05) is 30.3 Å². The third-order valence-electron chi connectivity index (χ3n) is 5.23. The Morgan fingerprint density at radius 1 is 1.03 bits per heavy atom. The van der Waals surface area contributed by atoms with E-state index in [1.54, 1.807) is 0 Å². The largest absolute Gasteiger partial charge is 0.454 e. The van der Waals surface area contributed by atoms with Crippen molar-refractivity contribution in [3.8, 4) is 0 Å². The molecule has 4 rings (SSSR count). The molecule has 31 heavy (non-hydrogen) atoms. The number of hydrogen-bond donors (Lipinski definition) is 1. The molecule has 1 unspecified atom stereocenters. The van der Waals surface area contributed by atoms with Crippen LogP contribution in [0.4, 0.5) is 0 Å². The Labute approximate surface area is 188 Å². The number of imide groups is 1. The molecule has 1 N–H and O–H groups in total. The Balaban J connectivity index is 1.33. The predicted molar refractivity (Wildman–Crippen MR) is 113 cm³/mol. The van der Waals surface area contributed by atoms with Crippen LogP contribution in [0.1, 0.15) is 45.2 Å². The predicted octanol–water partition coefficient (Wildman–Crippen LogP) is 3.40. The third-order valence-corrected chi connectivity index (χ3v) is 5.95. The molecule has 1 atom stereocenters. The molecule has 0 aromatic heterocycles. The summed E-state index contributed by atoms with van der Waals surface area (Å²) >= 11 is 11.8. The van der Waals surface area contributed by atoms with Crippen molar-refractivity contribution in [1.29, 1.82) is 0 Å². The standard InChI is InChI=1S/C22H18Cl2N2O5/c23-16-8-14-15(9-17(16)24)22(30)26(21(14)29)10-19(28)31-11-18(27)25-20(13-6-7-13)12-4-2-1-3-5-12/h1-5,8-9,13,20H,6-7,10-11H2,(H,25,27). The van der Waals surface area contributed by atoms with Gasteiger partial charge >= 0.3 is 5.97 Å². The van der Waals surface area contributed by atoms with E-state index < -0.39 is 36.8 Å². The van der Waals surface area contributed by atoms with Gasteiger partial charge in [0.2, 0.25) is 0 Å². The number of hydrogen-bond acceptors (Lipinski definition) is 5. The first-order chi connectivity index (χ1) is 14.8. The van der Waals surface area contributed by atoms with Gasteiger partial charge in [-0.05, 0) is 36.5 Å². The number of esters is 1. The van der Waals surface area contributed by atoms with Gasteiger partial charge in [-0.1, -0.05) is 53.5 Å². The molecule has 1 aliphatic carbocycles. The quantitative estimate of drug-likeness (QED) is 0.504. The fourth-order valence-corrected chi connectivity index (χ4v) is 3.85. The first kappa shape index (κ1) is 21.3. The number of nitrogens with one attached hydrogen (secondary N) is 1. The summed E-state index contributed by atoms with van der Waals surface area (Å²) in [6, 6.07) is 12.0. The lowest BCUT2D eigenvalue weighted by Crippen LogP contribution is -2.38. The van der Waals surface area contributed by atoms with Gasteiger partial charge in [0.15, 0.2) is 6.61 Å². The molecule has 0 radical (unpaired) electrons. The highest BCUT2D eigenvalue weighted by molar-refractivity contribution is 6.43. The van der Waals surface area contributed by atoms with Gasteiger partial charge in [-0.2, -0.15) is 0 Å². The number of carbonyl (C=O) groups is 4. The maximum Gasteiger partial charge on any atom is 0.326 e. The lowest BCUT2D eigenvalue weighted by atomic mass is 10.0. The molecular weight excluding hydrogens is 443 g/mol. The molecule has 9 heteroatoms. The molecule has 160 valence electrons. The van der Waals surface area contributed by atoms with Crippen molar-refractivity contribution < 1.29 is 23.9 Å². The topological polar surface area (TPSA) is 92.8 Å². The van der Waals surface area contributed by atoms with E-state index >= 15 is 0 Å². The molecule has 1 heterocycles. The van der Waals surface area contributed by atoms with E-state index in [0.29, 0.717) is 5.92 Å². The highest BCUT2D eigenvalue weighted by atomic mass is 35.5. The van der Waals surface area contributed by atoms with Gasteiger partial charge in [-0.25, -0.2) is 0 Å². The van der Waals surface area contributed by atoms with Crippen LogP contribution in [0.3, 0.4) is 0 Å². The van der Waals surface area contributed by atoms with E-state index in [2.05, 4.69) is 5.32 Å². The van der Waals surface area contributed by atoms with Crippen LogP contribution in [0.25, 0.3) is 0 Å². The fourth-order valence-electron chi connectivity index (χ4n) is 3.53. The number of rotatable bonds is 7.